The maximum atomic E-state index is 5.15. The van der Waals surface area contributed by atoms with Gasteiger partial charge in [-0.2, -0.15) is 0 Å². The summed E-state index contributed by atoms with van der Waals surface area (Å²) in [6, 6.07) is 1.35. The van der Waals surface area contributed by atoms with Crippen LogP contribution in [-0.4, -0.2) is 50.3 Å². The van der Waals surface area contributed by atoms with E-state index in [1.807, 2.05) is 0 Å². The Hall–Kier alpha value is -0.120. The molecule has 1 aliphatic heterocycles. The molecule has 0 saturated carbocycles. The van der Waals surface area contributed by atoms with Gasteiger partial charge in [-0.25, -0.2) is 0 Å². The van der Waals surface area contributed by atoms with Gasteiger partial charge in [-0.3, -0.25) is 4.90 Å². The summed E-state index contributed by atoms with van der Waals surface area (Å²) in [5.74, 6) is 0. The molecule has 0 bridgehead atoms. The number of likely N-dealkylation sites (tertiary alicyclic amines) is 1. The molecule has 1 aliphatic rings. The lowest BCUT2D eigenvalue weighted by Gasteiger charge is -2.39. The summed E-state index contributed by atoms with van der Waals surface area (Å²) in [5.41, 5.74) is 0. The van der Waals surface area contributed by atoms with Crippen LogP contribution in [0.2, 0.25) is 0 Å². The number of rotatable bonds is 8. The first-order chi connectivity index (χ1) is 8.29. The lowest BCUT2D eigenvalue weighted by atomic mass is 9.96. The highest BCUT2D eigenvalue weighted by molar-refractivity contribution is 4.84. The second kappa shape index (κ2) is 8.90. The molecule has 1 rings (SSSR count). The summed E-state index contributed by atoms with van der Waals surface area (Å²) in [5, 5.41) is 3.65. The van der Waals surface area contributed by atoms with Gasteiger partial charge < -0.3 is 10.1 Å². The van der Waals surface area contributed by atoms with Crippen molar-refractivity contribution in [1.82, 2.24) is 10.2 Å². The van der Waals surface area contributed by atoms with Gasteiger partial charge in [0.05, 0.1) is 0 Å². The first-order valence-corrected chi connectivity index (χ1v) is 7.26. The SMILES string of the molecule is CCCNC(C)C1CCCCN1CCCOC. The van der Waals surface area contributed by atoms with E-state index in [0.29, 0.717) is 6.04 Å². The van der Waals surface area contributed by atoms with Crippen molar-refractivity contribution in [3.05, 3.63) is 0 Å². The lowest BCUT2D eigenvalue weighted by molar-refractivity contribution is 0.102. The molecular formula is C14H30N2O. The Morgan fingerprint density at radius 1 is 1.41 bits per heavy atom. The quantitative estimate of drug-likeness (QED) is 0.661. The van der Waals surface area contributed by atoms with E-state index in [2.05, 4.69) is 24.1 Å². The molecule has 2 unspecified atom stereocenters. The maximum Gasteiger partial charge on any atom is 0.0474 e. The minimum absolute atomic E-state index is 0.623. The van der Waals surface area contributed by atoms with Crippen LogP contribution in [0.15, 0.2) is 0 Å². The standard InChI is InChI=1S/C14H30N2O/c1-4-9-15-13(2)14-8-5-6-10-16(14)11-7-12-17-3/h13-15H,4-12H2,1-3H3. The smallest absolute Gasteiger partial charge is 0.0474 e. The molecule has 102 valence electrons. The van der Waals surface area contributed by atoms with Crippen molar-refractivity contribution in [3.63, 3.8) is 0 Å². The van der Waals surface area contributed by atoms with Crippen LogP contribution in [-0.2, 0) is 4.74 Å². The third kappa shape index (κ3) is 5.36. The number of piperidine rings is 1. The third-order valence-corrected chi connectivity index (χ3v) is 3.75. The minimum atomic E-state index is 0.623. The van der Waals surface area contributed by atoms with E-state index in [1.54, 1.807) is 7.11 Å². The number of nitrogens with one attached hydrogen (secondary N) is 1. The number of hydrogen-bond acceptors (Lipinski definition) is 3. The van der Waals surface area contributed by atoms with Crippen LogP contribution in [0.25, 0.3) is 0 Å². The topological polar surface area (TPSA) is 24.5 Å². The molecule has 3 heteroatoms. The predicted molar refractivity (Wildman–Crippen MR) is 73.5 cm³/mol. The fourth-order valence-corrected chi connectivity index (χ4v) is 2.78. The number of hydrogen-bond donors (Lipinski definition) is 1. The molecule has 0 aromatic rings. The second-order valence-corrected chi connectivity index (χ2v) is 5.19. The predicted octanol–water partition coefficient (Wildman–Crippen LogP) is 2.27. The summed E-state index contributed by atoms with van der Waals surface area (Å²) in [6.07, 6.45) is 6.49. The zero-order valence-corrected chi connectivity index (χ0v) is 11.9. The van der Waals surface area contributed by atoms with E-state index >= 15 is 0 Å². The van der Waals surface area contributed by atoms with Crippen LogP contribution in [0.1, 0.15) is 46.0 Å². The monoisotopic (exact) mass is 242 g/mol. The first kappa shape index (κ1) is 14.9. The van der Waals surface area contributed by atoms with Crippen LogP contribution in [0, 0.1) is 0 Å². The maximum absolute atomic E-state index is 5.15. The molecule has 3 nitrogen and oxygen atoms in total. The van der Waals surface area contributed by atoms with Gasteiger partial charge in [0.2, 0.25) is 0 Å². The zero-order valence-electron chi connectivity index (χ0n) is 11.9. The highest BCUT2D eigenvalue weighted by atomic mass is 16.5. The van der Waals surface area contributed by atoms with Gasteiger partial charge in [0.1, 0.15) is 0 Å². The van der Waals surface area contributed by atoms with Gasteiger partial charge in [0, 0.05) is 32.3 Å². The van der Waals surface area contributed by atoms with Crippen LogP contribution < -0.4 is 5.32 Å². The lowest BCUT2D eigenvalue weighted by Crippen LogP contribution is -2.51. The fraction of sp³-hybridized carbons (Fsp3) is 1.00. The second-order valence-electron chi connectivity index (χ2n) is 5.19. The van der Waals surface area contributed by atoms with E-state index in [1.165, 1.54) is 38.8 Å². The average Bonchev–Trinajstić information content (AvgIpc) is 2.37. The minimum Gasteiger partial charge on any atom is -0.385 e. The Morgan fingerprint density at radius 2 is 2.24 bits per heavy atom. The van der Waals surface area contributed by atoms with Gasteiger partial charge in [-0.15, -0.1) is 0 Å². The Bertz CT molecular complexity index is 187. The van der Waals surface area contributed by atoms with Gasteiger partial charge in [0.25, 0.3) is 0 Å². The molecule has 2 atom stereocenters. The number of nitrogens with zero attached hydrogens (tertiary/aromatic N) is 1. The molecule has 1 fully saturated rings. The summed E-state index contributed by atoms with van der Waals surface area (Å²) < 4.78 is 5.15. The van der Waals surface area contributed by atoms with Gasteiger partial charge in [-0.05, 0) is 45.7 Å². The Balaban J connectivity index is 2.35. The van der Waals surface area contributed by atoms with Gasteiger partial charge in [-0.1, -0.05) is 13.3 Å². The Morgan fingerprint density at radius 3 is 2.94 bits per heavy atom. The fourth-order valence-electron chi connectivity index (χ4n) is 2.78. The third-order valence-electron chi connectivity index (χ3n) is 3.75. The molecule has 0 aromatic carbocycles. The average molecular weight is 242 g/mol. The van der Waals surface area contributed by atoms with E-state index in [0.717, 1.165) is 25.6 Å². The van der Waals surface area contributed by atoms with Crippen molar-refractivity contribution in [3.8, 4) is 0 Å². The van der Waals surface area contributed by atoms with Crippen molar-refractivity contribution in [2.75, 3.05) is 33.4 Å². The normalized spacial score (nSPS) is 23.8. The largest absolute Gasteiger partial charge is 0.385 e. The molecule has 0 spiro atoms. The molecule has 1 heterocycles. The van der Waals surface area contributed by atoms with Crippen molar-refractivity contribution in [1.29, 1.82) is 0 Å². The van der Waals surface area contributed by atoms with Crippen LogP contribution in [0.3, 0.4) is 0 Å². The molecule has 0 amide bonds. The van der Waals surface area contributed by atoms with Crippen molar-refractivity contribution in [2.24, 2.45) is 0 Å². The van der Waals surface area contributed by atoms with E-state index in [-0.39, 0.29) is 0 Å². The first-order valence-electron chi connectivity index (χ1n) is 7.26. The number of methoxy groups -OCH3 is 1. The Labute approximate surface area is 107 Å². The van der Waals surface area contributed by atoms with Gasteiger partial charge >= 0.3 is 0 Å². The van der Waals surface area contributed by atoms with Crippen molar-refractivity contribution >= 4 is 0 Å². The van der Waals surface area contributed by atoms with Crippen LogP contribution >= 0.6 is 0 Å². The highest BCUT2D eigenvalue weighted by Gasteiger charge is 2.26. The number of ether oxygens (including phenoxy) is 1. The molecule has 1 saturated heterocycles. The molecule has 0 radical (unpaired) electrons. The van der Waals surface area contributed by atoms with Crippen LogP contribution in [0.4, 0.5) is 0 Å². The zero-order chi connectivity index (χ0) is 12.5. The molecule has 1 N–H and O–H groups in total. The van der Waals surface area contributed by atoms with Gasteiger partial charge in [0.15, 0.2) is 0 Å². The summed E-state index contributed by atoms with van der Waals surface area (Å²) >= 11 is 0. The van der Waals surface area contributed by atoms with E-state index < -0.39 is 0 Å². The van der Waals surface area contributed by atoms with E-state index in [4.69, 9.17) is 4.74 Å². The van der Waals surface area contributed by atoms with Crippen LogP contribution in [0.5, 0.6) is 0 Å². The molecule has 0 aliphatic carbocycles. The highest BCUT2D eigenvalue weighted by Crippen LogP contribution is 2.20. The van der Waals surface area contributed by atoms with Crippen molar-refractivity contribution in [2.45, 2.75) is 58.0 Å². The molecule has 0 aromatic heterocycles. The summed E-state index contributed by atoms with van der Waals surface area (Å²) in [6.45, 7) is 9.07. The summed E-state index contributed by atoms with van der Waals surface area (Å²) in [4.78, 5) is 2.66. The summed E-state index contributed by atoms with van der Waals surface area (Å²) in [7, 11) is 1.79. The molecule has 17 heavy (non-hydrogen) atoms. The van der Waals surface area contributed by atoms with Crippen molar-refractivity contribution < 1.29 is 4.74 Å². The Kier molecular flexibility index (Phi) is 7.82. The van der Waals surface area contributed by atoms with E-state index in [9.17, 15) is 0 Å². The molecular weight excluding hydrogens is 212 g/mol.